The third-order valence-corrected chi connectivity index (χ3v) is 3.62. The van der Waals surface area contributed by atoms with E-state index in [0.717, 1.165) is 11.4 Å². The molecule has 1 heterocycles. The summed E-state index contributed by atoms with van der Waals surface area (Å²) < 4.78 is 42.0. The van der Waals surface area contributed by atoms with Crippen molar-refractivity contribution in [3.05, 3.63) is 24.3 Å². The third kappa shape index (κ3) is 4.25. The van der Waals surface area contributed by atoms with E-state index in [1.54, 1.807) is 12.0 Å². The second-order valence-electron chi connectivity index (χ2n) is 5.04. The molecular formula is C14H19F3N2O2. The molecule has 0 spiro atoms. The van der Waals surface area contributed by atoms with Gasteiger partial charge in [-0.2, -0.15) is 13.2 Å². The summed E-state index contributed by atoms with van der Waals surface area (Å²) in [6, 6.07) is 7.57. The fraction of sp³-hybridized carbons (Fsp3) is 0.571. The second kappa shape index (κ2) is 6.53. The van der Waals surface area contributed by atoms with Gasteiger partial charge in [-0.25, -0.2) is 0 Å². The van der Waals surface area contributed by atoms with Gasteiger partial charge in [0.05, 0.1) is 7.11 Å². The van der Waals surface area contributed by atoms with E-state index in [0.29, 0.717) is 26.2 Å². The second-order valence-corrected chi connectivity index (χ2v) is 5.04. The highest BCUT2D eigenvalue weighted by molar-refractivity contribution is 5.49. The first-order valence-corrected chi connectivity index (χ1v) is 6.76. The molecule has 0 saturated carbocycles. The standard InChI is InChI=1S/C14H19F3N2O2/c1-21-12-4-2-11(3-5-12)19-8-6-18(7-9-19)10-13(20)14(15,16)17/h2-5,13,20H,6-10H2,1H3/t13-/m0/s1. The highest BCUT2D eigenvalue weighted by Gasteiger charge is 2.39. The van der Waals surface area contributed by atoms with Crippen LogP contribution in [0.3, 0.4) is 0 Å². The summed E-state index contributed by atoms with van der Waals surface area (Å²) in [5, 5.41) is 9.08. The Morgan fingerprint density at radius 2 is 1.71 bits per heavy atom. The molecule has 1 aliphatic rings. The Labute approximate surface area is 121 Å². The van der Waals surface area contributed by atoms with E-state index in [1.165, 1.54) is 0 Å². The minimum Gasteiger partial charge on any atom is -0.497 e. The molecule has 1 fully saturated rings. The van der Waals surface area contributed by atoms with Crippen molar-refractivity contribution in [2.45, 2.75) is 12.3 Å². The van der Waals surface area contributed by atoms with Crippen LogP contribution in [-0.4, -0.2) is 62.1 Å². The summed E-state index contributed by atoms with van der Waals surface area (Å²) in [4.78, 5) is 3.74. The Balaban J connectivity index is 1.85. The molecule has 1 aromatic rings. The van der Waals surface area contributed by atoms with Gasteiger partial charge < -0.3 is 14.7 Å². The summed E-state index contributed by atoms with van der Waals surface area (Å²) in [5.74, 6) is 0.769. The molecular weight excluding hydrogens is 285 g/mol. The van der Waals surface area contributed by atoms with Gasteiger partial charge in [0.1, 0.15) is 5.75 Å². The van der Waals surface area contributed by atoms with Crippen LogP contribution in [0.5, 0.6) is 5.75 Å². The van der Waals surface area contributed by atoms with Crippen LogP contribution in [0.4, 0.5) is 18.9 Å². The summed E-state index contributed by atoms with van der Waals surface area (Å²) in [7, 11) is 1.60. The Bertz CT molecular complexity index is 443. The van der Waals surface area contributed by atoms with Crippen molar-refractivity contribution in [2.75, 3.05) is 44.7 Å². The molecule has 2 rings (SSSR count). The molecule has 1 saturated heterocycles. The largest absolute Gasteiger partial charge is 0.497 e. The topological polar surface area (TPSA) is 35.9 Å². The molecule has 1 N–H and O–H groups in total. The number of aliphatic hydroxyl groups is 1. The van der Waals surface area contributed by atoms with E-state index in [1.807, 2.05) is 24.3 Å². The molecule has 0 aromatic heterocycles. The molecule has 118 valence electrons. The zero-order valence-corrected chi connectivity index (χ0v) is 11.8. The Hall–Kier alpha value is -1.47. The number of alkyl halides is 3. The molecule has 0 radical (unpaired) electrons. The average Bonchev–Trinajstić information content (AvgIpc) is 2.47. The van der Waals surface area contributed by atoms with Crippen molar-refractivity contribution in [1.82, 2.24) is 4.90 Å². The van der Waals surface area contributed by atoms with Gasteiger partial charge in [0.15, 0.2) is 6.10 Å². The Morgan fingerprint density at radius 3 is 2.19 bits per heavy atom. The molecule has 0 unspecified atom stereocenters. The van der Waals surface area contributed by atoms with Gasteiger partial charge in [-0.15, -0.1) is 0 Å². The first-order valence-electron chi connectivity index (χ1n) is 6.76. The van der Waals surface area contributed by atoms with Gasteiger partial charge in [-0.3, -0.25) is 4.90 Å². The van der Waals surface area contributed by atoms with E-state index in [-0.39, 0.29) is 6.54 Å². The first-order chi connectivity index (χ1) is 9.90. The summed E-state index contributed by atoms with van der Waals surface area (Å²) in [5.41, 5.74) is 1.02. The molecule has 1 atom stereocenters. The van der Waals surface area contributed by atoms with E-state index >= 15 is 0 Å². The number of piperazine rings is 1. The lowest BCUT2D eigenvalue weighted by Gasteiger charge is -2.37. The smallest absolute Gasteiger partial charge is 0.415 e. The van der Waals surface area contributed by atoms with Crippen molar-refractivity contribution in [3.63, 3.8) is 0 Å². The Morgan fingerprint density at radius 1 is 1.14 bits per heavy atom. The minimum atomic E-state index is -4.55. The van der Waals surface area contributed by atoms with Crippen LogP contribution < -0.4 is 9.64 Å². The van der Waals surface area contributed by atoms with Crippen molar-refractivity contribution in [1.29, 1.82) is 0 Å². The van der Waals surface area contributed by atoms with Gasteiger partial charge in [0.25, 0.3) is 0 Å². The summed E-state index contributed by atoms with van der Waals surface area (Å²) in [6.07, 6.45) is -6.82. The molecule has 0 amide bonds. The van der Waals surface area contributed by atoms with E-state index < -0.39 is 12.3 Å². The lowest BCUT2D eigenvalue weighted by molar-refractivity contribution is -0.208. The normalized spacial score (nSPS) is 18.6. The predicted molar refractivity (Wildman–Crippen MR) is 73.7 cm³/mol. The number of hydrogen-bond acceptors (Lipinski definition) is 4. The highest BCUT2D eigenvalue weighted by Crippen LogP contribution is 2.23. The number of halogens is 3. The fourth-order valence-corrected chi connectivity index (χ4v) is 2.33. The summed E-state index contributed by atoms with van der Waals surface area (Å²) >= 11 is 0. The number of rotatable bonds is 4. The molecule has 0 aliphatic carbocycles. The van der Waals surface area contributed by atoms with Crippen molar-refractivity contribution >= 4 is 5.69 Å². The quantitative estimate of drug-likeness (QED) is 0.919. The predicted octanol–water partition coefficient (Wildman–Crippen LogP) is 1.74. The number of hydrogen-bond donors (Lipinski definition) is 1. The van der Waals surface area contributed by atoms with Crippen molar-refractivity contribution in [2.24, 2.45) is 0 Å². The minimum absolute atomic E-state index is 0.361. The zero-order chi connectivity index (χ0) is 15.5. The highest BCUT2D eigenvalue weighted by atomic mass is 19.4. The van der Waals surface area contributed by atoms with Crippen LogP contribution in [0.2, 0.25) is 0 Å². The Kier molecular flexibility index (Phi) is 4.95. The molecule has 1 aromatic carbocycles. The van der Waals surface area contributed by atoms with Crippen molar-refractivity contribution < 1.29 is 23.0 Å². The fourth-order valence-electron chi connectivity index (χ4n) is 2.33. The number of methoxy groups -OCH3 is 1. The number of nitrogens with zero attached hydrogens (tertiary/aromatic N) is 2. The maximum atomic E-state index is 12.3. The maximum absolute atomic E-state index is 12.3. The molecule has 0 bridgehead atoms. The lowest BCUT2D eigenvalue weighted by Crippen LogP contribution is -2.50. The van der Waals surface area contributed by atoms with Gasteiger partial charge in [0, 0.05) is 38.4 Å². The average molecular weight is 304 g/mol. The SMILES string of the molecule is COc1ccc(N2CCN(C[C@H](O)C(F)(F)F)CC2)cc1. The molecule has 21 heavy (non-hydrogen) atoms. The number of ether oxygens (including phenoxy) is 1. The van der Waals surface area contributed by atoms with Gasteiger partial charge in [0.2, 0.25) is 0 Å². The third-order valence-electron chi connectivity index (χ3n) is 3.62. The monoisotopic (exact) mass is 304 g/mol. The summed E-state index contributed by atoms with van der Waals surface area (Å²) in [6.45, 7) is 1.91. The number of β-amino-alcohol motifs (C(OH)–C–C–N with tert-alkyl or cyclic N) is 1. The number of aliphatic hydroxyl groups excluding tert-OH is 1. The number of anilines is 1. The van der Waals surface area contributed by atoms with E-state index in [4.69, 9.17) is 9.84 Å². The van der Waals surface area contributed by atoms with Crippen LogP contribution in [0.1, 0.15) is 0 Å². The molecule has 4 nitrogen and oxygen atoms in total. The molecule has 7 heteroatoms. The molecule has 1 aliphatic heterocycles. The number of benzene rings is 1. The van der Waals surface area contributed by atoms with Gasteiger partial charge in [-0.05, 0) is 24.3 Å². The van der Waals surface area contributed by atoms with E-state index in [9.17, 15) is 13.2 Å². The lowest BCUT2D eigenvalue weighted by atomic mass is 10.2. The van der Waals surface area contributed by atoms with Crippen LogP contribution >= 0.6 is 0 Å². The zero-order valence-electron chi connectivity index (χ0n) is 11.8. The van der Waals surface area contributed by atoms with Crippen LogP contribution in [0, 0.1) is 0 Å². The van der Waals surface area contributed by atoms with Crippen LogP contribution in [0.25, 0.3) is 0 Å². The maximum Gasteiger partial charge on any atom is 0.415 e. The first kappa shape index (κ1) is 15.9. The van der Waals surface area contributed by atoms with Crippen LogP contribution in [-0.2, 0) is 0 Å². The van der Waals surface area contributed by atoms with Crippen LogP contribution in [0.15, 0.2) is 24.3 Å². The van der Waals surface area contributed by atoms with Gasteiger partial charge >= 0.3 is 6.18 Å². The van der Waals surface area contributed by atoms with Crippen molar-refractivity contribution in [3.8, 4) is 5.75 Å². The van der Waals surface area contributed by atoms with Gasteiger partial charge in [-0.1, -0.05) is 0 Å². The van der Waals surface area contributed by atoms with E-state index in [2.05, 4.69) is 4.90 Å².